The maximum Gasteiger partial charge on any atom is 0.451 e. The molecule has 23 heavy (non-hydrogen) atoms. The van der Waals surface area contributed by atoms with Crippen LogP contribution in [0.3, 0.4) is 0 Å². The lowest BCUT2D eigenvalue weighted by atomic mass is 10.3. The molecule has 0 saturated heterocycles. The van der Waals surface area contributed by atoms with E-state index >= 15 is 0 Å². The van der Waals surface area contributed by atoms with Crippen molar-refractivity contribution >= 4 is 35.0 Å². The number of benzene rings is 1. The fraction of sp³-hybridized carbons (Fsp3) is 0.250. The number of rotatable bonds is 4. The molecule has 5 nitrogen and oxygen atoms in total. The minimum absolute atomic E-state index is 0.0751. The molecule has 0 spiro atoms. The number of nitrogens with zero attached hydrogens (tertiary/aromatic N) is 3. The Balaban J connectivity index is 1.98. The first-order chi connectivity index (χ1) is 10.7. The average Bonchev–Trinajstić information content (AvgIpc) is 2.81. The second kappa shape index (κ2) is 6.75. The van der Waals surface area contributed by atoms with E-state index in [-0.39, 0.29) is 21.6 Å². The van der Waals surface area contributed by atoms with Gasteiger partial charge in [0.15, 0.2) is 5.16 Å². The summed E-state index contributed by atoms with van der Waals surface area (Å²) in [6.07, 6.45) is -4.63. The molecule has 1 aromatic heterocycles. The zero-order valence-corrected chi connectivity index (χ0v) is 13.1. The summed E-state index contributed by atoms with van der Waals surface area (Å²) in [6, 6.07) is 3.71. The van der Waals surface area contributed by atoms with Crippen LogP contribution in [0.2, 0.25) is 5.02 Å². The van der Waals surface area contributed by atoms with E-state index in [1.807, 2.05) is 0 Å². The molecule has 1 aromatic carbocycles. The molecule has 0 atom stereocenters. The third-order valence-electron chi connectivity index (χ3n) is 2.63. The summed E-state index contributed by atoms with van der Waals surface area (Å²) >= 11 is 6.33. The number of aromatic nitrogens is 3. The van der Waals surface area contributed by atoms with E-state index in [1.54, 1.807) is 0 Å². The topological polar surface area (TPSA) is 59.8 Å². The molecule has 1 N–H and O–H groups in total. The van der Waals surface area contributed by atoms with Crippen LogP contribution in [-0.4, -0.2) is 26.4 Å². The molecule has 0 fully saturated rings. The maximum atomic E-state index is 13.5. The van der Waals surface area contributed by atoms with Crippen LogP contribution in [0, 0.1) is 5.82 Å². The average molecular weight is 369 g/mol. The Morgan fingerprint density at radius 3 is 2.65 bits per heavy atom. The minimum Gasteiger partial charge on any atom is -0.323 e. The molecule has 0 aliphatic rings. The minimum atomic E-state index is -4.63. The van der Waals surface area contributed by atoms with E-state index in [2.05, 4.69) is 15.5 Å². The Bertz CT molecular complexity index is 734. The summed E-state index contributed by atoms with van der Waals surface area (Å²) in [5, 5.41) is 8.79. The molecule has 0 radical (unpaired) electrons. The van der Waals surface area contributed by atoms with Gasteiger partial charge in [0.1, 0.15) is 5.82 Å². The molecular weight excluding hydrogens is 360 g/mol. The highest BCUT2D eigenvalue weighted by Gasteiger charge is 2.37. The van der Waals surface area contributed by atoms with Crippen molar-refractivity contribution in [3.05, 3.63) is 34.9 Å². The Kier molecular flexibility index (Phi) is 5.15. The normalized spacial score (nSPS) is 11.6. The number of hydrogen-bond acceptors (Lipinski definition) is 4. The van der Waals surface area contributed by atoms with Crippen molar-refractivity contribution in [3.8, 4) is 0 Å². The van der Waals surface area contributed by atoms with E-state index in [1.165, 1.54) is 12.1 Å². The van der Waals surface area contributed by atoms with Gasteiger partial charge in [-0.3, -0.25) is 4.79 Å². The lowest BCUT2D eigenvalue weighted by Crippen LogP contribution is -2.16. The predicted molar refractivity (Wildman–Crippen MR) is 76.8 cm³/mol. The molecular formula is C12H9ClF4N4OS. The summed E-state index contributed by atoms with van der Waals surface area (Å²) in [7, 11) is 1.14. The Labute approximate surface area is 137 Å². The highest BCUT2D eigenvalue weighted by atomic mass is 35.5. The monoisotopic (exact) mass is 368 g/mol. The van der Waals surface area contributed by atoms with Crippen molar-refractivity contribution in [3.63, 3.8) is 0 Å². The number of anilines is 1. The number of nitrogens with one attached hydrogen (secondary N) is 1. The van der Waals surface area contributed by atoms with Crippen LogP contribution >= 0.6 is 23.4 Å². The molecule has 11 heteroatoms. The van der Waals surface area contributed by atoms with Crippen LogP contribution in [0.25, 0.3) is 0 Å². The largest absolute Gasteiger partial charge is 0.451 e. The second-order valence-electron chi connectivity index (χ2n) is 4.32. The first kappa shape index (κ1) is 17.5. The molecule has 0 bridgehead atoms. The van der Waals surface area contributed by atoms with E-state index in [4.69, 9.17) is 11.6 Å². The highest BCUT2D eigenvalue weighted by molar-refractivity contribution is 7.99. The molecule has 0 aliphatic carbocycles. The van der Waals surface area contributed by atoms with Crippen LogP contribution in [0.15, 0.2) is 23.4 Å². The number of hydrogen-bond donors (Lipinski definition) is 1. The summed E-state index contributed by atoms with van der Waals surface area (Å²) in [6.45, 7) is 0. The molecule has 0 saturated carbocycles. The summed E-state index contributed by atoms with van der Waals surface area (Å²) in [5.74, 6) is -2.74. The van der Waals surface area contributed by atoms with Gasteiger partial charge in [-0.2, -0.15) is 13.2 Å². The molecule has 2 rings (SSSR count). The van der Waals surface area contributed by atoms with Gasteiger partial charge in [-0.25, -0.2) is 4.39 Å². The van der Waals surface area contributed by atoms with Crippen LogP contribution in [0.5, 0.6) is 0 Å². The van der Waals surface area contributed by atoms with Gasteiger partial charge in [0.25, 0.3) is 0 Å². The molecule has 0 unspecified atom stereocenters. The van der Waals surface area contributed by atoms with Gasteiger partial charge in [0.05, 0.1) is 11.4 Å². The first-order valence-electron chi connectivity index (χ1n) is 6.03. The molecule has 124 valence electrons. The molecule has 2 aromatic rings. The summed E-state index contributed by atoms with van der Waals surface area (Å²) in [4.78, 5) is 11.7. The summed E-state index contributed by atoms with van der Waals surface area (Å²) < 4.78 is 51.9. The maximum absolute atomic E-state index is 13.5. The SMILES string of the molecule is Cn1c(SCC(=O)Nc2ccc(Cl)cc2F)nnc1C(F)(F)F. The van der Waals surface area contributed by atoms with Gasteiger partial charge in [-0.1, -0.05) is 23.4 Å². The zero-order valence-electron chi connectivity index (χ0n) is 11.5. The van der Waals surface area contributed by atoms with E-state index < -0.39 is 23.7 Å². The van der Waals surface area contributed by atoms with Crippen molar-refractivity contribution in [1.29, 1.82) is 0 Å². The first-order valence-corrected chi connectivity index (χ1v) is 7.39. The quantitative estimate of drug-likeness (QED) is 0.664. The Morgan fingerprint density at radius 1 is 1.39 bits per heavy atom. The predicted octanol–water partition coefficient (Wildman–Crippen LogP) is 3.36. The lowest BCUT2D eigenvalue weighted by Gasteiger charge is -2.07. The Morgan fingerprint density at radius 2 is 2.09 bits per heavy atom. The summed E-state index contributed by atoms with van der Waals surface area (Å²) in [5.41, 5.74) is -0.0751. The van der Waals surface area contributed by atoms with Gasteiger partial charge < -0.3 is 9.88 Å². The second-order valence-corrected chi connectivity index (χ2v) is 5.70. The highest BCUT2D eigenvalue weighted by Crippen LogP contribution is 2.29. The number of amides is 1. The van der Waals surface area contributed by atoms with Gasteiger partial charge in [0, 0.05) is 12.1 Å². The zero-order chi connectivity index (χ0) is 17.2. The van der Waals surface area contributed by atoms with Crippen LogP contribution in [0.4, 0.5) is 23.2 Å². The van der Waals surface area contributed by atoms with Crippen molar-refractivity contribution in [2.75, 3.05) is 11.1 Å². The number of carbonyl (C=O) groups is 1. The van der Waals surface area contributed by atoms with Crippen LogP contribution in [-0.2, 0) is 18.0 Å². The molecule has 1 amide bonds. The fourth-order valence-electron chi connectivity index (χ4n) is 1.59. The number of halogens is 5. The third kappa shape index (κ3) is 4.35. The van der Waals surface area contributed by atoms with Crippen LogP contribution < -0.4 is 5.32 Å². The van der Waals surface area contributed by atoms with Crippen molar-refractivity contribution in [2.45, 2.75) is 11.3 Å². The van der Waals surface area contributed by atoms with Gasteiger partial charge in [-0.05, 0) is 18.2 Å². The number of carbonyl (C=O) groups excluding carboxylic acids is 1. The van der Waals surface area contributed by atoms with Crippen LogP contribution in [0.1, 0.15) is 5.82 Å². The lowest BCUT2D eigenvalue weighted by molar-refractivity contribution is -0.147. The molecule has 1 heterocycles. The van der Waals surface area contributed by atoms with Gasteiger partial charge >= 0.3 is 6.18 Å². The van der Waals surface area contributed by atoms with E-state index in [0.29, 0.717) is 0 Å². The van der Waals surface area contributed by atoms with E-state index in [9.17, 15) is 22.4 Å². The van der Waals surface area contributed by atoms with Crippen molar-refractivity contribution in [1.82, 2.24) is 14.8 Å². The third-order valence-corrected chi connectivity index (χ3v) is 3.88. The Hall–Kier alpha value is -1.81. The van der Waals surface area contributed by atoms with Gasteiger partial charge in [-0.15, -0.1) is 10.2 Å². The van der Waals surface area contributed by atoms with Crippen molar-refractivity contribution in [2.24, 2.45) is 7.05 Å². The van der Waals surface area contributed by atoms with E-state index in [0.717, 1.165) is 29.4 Å². The number of alkyl halides is 3. The standard InChI is InChI=1S/C12H9ClF4N4OS/c1-21-10(12(15,16)17)19-20-11(21)23-5-9(22)18-8-3-2-6(13)4-7(8)14/h2-4H,5H2,1H3,(H,18,22). The van der Waals surface area contributed by atoms with Crippen molar-refractivity contribution < 1.29 is 22.4 Å². The molecule has 0 aliphatic heterocycles. The smallest absolute Gasteiger partial charge is 0.323 e. The van der Waals surface area contributed by atoms with Gasteiger partial charge in [0.2, 0.25) is 11.7 Å². The number of thioether (sulfide) groups is 1. The fourth-order valence-corrected chi connectivity index (χ4v) is 2.46.